The van der Waals surface area contributed by atoms with Crippen molar-refractivity contribution in [1.82, 2.24) is 0 Å². The van der Waals surface area contributed by atoms with Crippen LogP contribution in [0.15, 0.2) is 29.2 Å². The highest BCUT2D eigenvalue weighted by Gasteiger charge is 2.13. The van der Waals surface area contributed by atoms with Gasteiger partial charge in [-0.05, 0) is 19.1 Å². The monoisotopic (exact) mass is 306 g/mol. The van der Waals surface area contributed by atoms with Crippen LogP contribution in [0.25, 0.3) is 0 Å². The third kappa shape index (κ3) is 8.23. The summed E-state index contributed by atoms with van der Waals surface area (Å²) in [6.07, 6.45) is 0. The summed E-state index contributed by atoms with van der Waals surface area (Å²) in [5.74, 6) is 0. The number of methoxy groups -OCH3 is 2. The Hall–Kier alpha value is -0.990. The van der Waals surface area contributed by atoms with Crippen molar-refractivity contribution in [1.29, 1.82) is 0 Å². The third-order valence-electron chi connectivity index (χ3n) is 2.13. The zero-order valence-corrected chi connectivity index (χ0v) is 12.9. The van der Waals surface area contributed by atoms with Gasteiger partial charge in [0.1, 0.15) is 0 Å². The minimum Gasteiger partial charge on any atom is -0.394 e. The molecule has 0 unspecified atom stereocenters. The summed E-state index contributed by atoms with van der Waals surface area (Å²) in [4.78, 5) is 0.171. The number of aliphatic hydroxyl groups is 1. The predicted octanol–water partition coefficient (Wildman–Crippen LogP) is 0.972. The summed E-state index contributed by atoms with van der Waals surface area (Å²) in [6.45, 7) is 2.75. The Morgan fingerprint density at radius 2 is 1.55 bits per heavy atom. The molecule has 116 valence electrons. The van der Waals surface area contributed by atoms with Crippen molar-refractivity contribution in [2.45, 2.75) is 11.8 Å². The van der Waals surface area contributed by atoms with E-state index in [0.29, 0.717) is 6.61 Å². The number of hydrogen-bond acceptors (Lipinski definition) is 6. The quantitative estimate of drug-likeness (QED) is 0.597. The molecule has 1 aromatic carbocycles. The summed E-state index contributed by atoms with van der Waals surface area (Å²) in [5.41, 5.74) is 1.01. The Morgan fingerprint density at radius 1 is 1.00 bits per heavy atom. The van der Waals surface area contributed by atoms with Gasteiger partial charge in [0.2, 0.25) is 0 Å². The highest BCUT2D eigenvalue weighted by molar-refractivity contribution is 7.86. The molecule has 0 atom stereocenters. The number of rotatable bonds is 7. The third-order valence-corrected chi connectivity index (χ3v) is 3.46. The molecule has 6 nitrogen and oxygen atoms in total. The highest BCUT2D eigenvalue weighted by Crippen LogP contribution is 2.12. The van der Waals surface area contributed by atoms with E-state index >= 15 is 0 Å². The van der Waals surface area contributed by atoms with Crippen LogP contribution in [0, 0.1) is 6.92 Å². The van der Waals surface area contributed by atoms with E-state index in [0.717, 1.165) is 5.56 Å². The van der Waals surface area contributed by atoms with Crippen LogP contribution in [0.2, 0.25) is 0 Å². The number of hydrogen-bond donors (Lipinski definition) is 1. The van der Waals surface area contributed by atoms with Crippen molar-refractivity contribution in [2.24, 2.45) is 0 Å². The molecule has 0 amide bonds. The molecule has 1 N–H and O–H groups in total. The summed E-state index contributed by atoms with van der Waals surface area (Å²) in [7, 11) is -0.590. The van der Waals surface area contributed by atoms with Gasteiger partial charge in [0.25, 0.3) is 10.1 Å². The lowest BCUT2D eigenvalue weighted by Crippen LogP contribution is -2.10. The molecule has 20 heavy (non-hydrogen) atoms. The van der Waals surface area contributed by atoms with Crippen molar-refractivity contribution < 1.29 is 27.2 Å². The van der Waals surface area contributed by atoms with Gasteiger partial charge in [-0.2, -0.15) is 8.42 Å². The van der Waals surface area contributed by atoms with Crippen LogP contribution < -0.4 is 0 Å². The second-order valence-electron chi connectivity index (χ2n) is 3.80. The molecule has 0 aliphatic heterocycles. The number of ether oxygens (including phenoxy) is 2. The van der Waals surface area contributed by atoms with E-state index in [-0.39, 0.29) is 24.7 Å². The lowest BCUT2D eigenvalue weighted by atomic mass is 10.2. The molecule has 1 aromatic rings. The van der Waals surface area contributed by atoms with Crippen LogP contribution in [-0.4, -0.2) is 54.2 Å². The summed E-state index contributed by atoms with van der Waals surface area (Å²) in [5, 5.41) is 7.94. The SMILES string of the molecule is COCCO.COCCOS(=O)(=O)c1ccc(C)cc1. The molecule has 0 aliphatic carbocycles. The number of aliphatic hydroxyl groups excluding tert-OH is 1. The van der Waals surface area contributed by atoms with E-state index in [9.17, 15) is 8.42 Å². The molecular weight excluding hydrogens is 284 g/mol. The van der Waals surface area contributed by atoms with E-state index in [1.54, 1.807) is 19.2 Å². The van der Waals surface area contributed by atoms with Gasteiger partial charge in [-0.3, -0.25) is 4.18 Å². The maximum atomic E-state index is 11.5. The topological polar surface area (TPSA) is 82.1 Å². The van der Waals surface area contributed by atoms with Gasteiger partial charge in [0.05, 0.1) is 31.3 Å². The van der Waals surface area contributed by atoms with Crippen LogP contribution in [0.3, 0.4) is 0 Å². The fourth-order valence-corrected chi connectivity index (χ4v) is 1.98. The second kappa shape index (κ2) is 10.8. The number of aryl methyl sites for hydroxylation is 1. The zero-order chi connectivity index (χ0) is 15.4. The molecule has 0 saturated heterocycles. The zero-order valence-electron chi connectivity index (χ0n) is 12.0. The summed E-state index contributed by atoms with van der Waals surface area (Å²) >= 11 is 0. The molecule has 0 aromatic heterocycles. The predicted molar refractivity (Wildman–Crippen MR) is 75.2 cm³/mol. The first kappa shape index (κ1) is 19.0. The Labute approximate surface area is 120 Å². The molecule has 0 bridgehead atoms. The maximum Gasteiger partial charge on any atom is 0.297 e. The minimum absolute atomic E-state index is 0.0344. The van der Waals surface area contributed by atoms with Crippen molar-refractivity contribution in [3.63, 3.8) is 0 Å². The van der Waals surface area contributed by atoms with Crippen molar-refractivity contribution in [3.8, 4) is 0 Å². The smallest absolute Gasteiger partial charge is 0.297 e. The molecule has 0 fully saturated rings. The van der Waals surface area contributed by atoms with E-state index in [4.69, 9.17) is 14.0 Å². The highest BCUT2D eigenvalue weighted by atomic mass is 32.2. The van der Waals surface area contributed by atoms with Crippen molar-refractivity contribution in [2.75, 3.05) is 40.6 Å². The van der Waals surface area contributed by atoms with Gasteiger partial charge >= 0.3 is 0 Å². The minimum atomic E-state index is -3.63. The Kier molecular flexibility index (Phi) is 10.2. The van der Waals surface area contributed by atoms with Gasteiger partial charge in [-0.25, -0.2) is 0 Å². The second-order valence-corrected chi connectivity index (χ2v) is 5.41. The van der Waals surface area contributed by atoms with E-state index < -0.39 is 10.1 Å². The van der Waals surface area contributed by atoms with Crippen molar-refractivity contribution in [3.05, 3.63) is 29.8 Å². The molecule has 0 saturated carbocycles. The average Bonchev–Trinajstić information content (AvgIpc) is 2.41. The normalized spacial score (nSPS) is 10.8. The van der Waals surface area contributed by atoms with Gasteiger partial charge in [-0.15, -0.1) is 0 Å². The van der Waals surface area contributed by atoms with Crippen LogP contribution in [0.5, 0.6) is 0 Å². The van der Waals surface area contributed by atoms with Crippen LogP contribution in [-0.2, 0) is 23.8 Å². The molecule has 0 radical (unpaired) electrons. The first-order chi connectivity index (χ1) is 9.47. The molecule has 7 heteroatoms. The van der Waals surface area contributed by atoms with Crippen LogP contribution in [0.1, 0.15) is 5.56 Å². The van der Waals surface area contributed by atoms with Crippen LogP contribution >= 0.6 is 0 Å². The van der Waals surface area contributed by atoms with Gasteiger partial charge in [0, 0.05) is 14.2 Å². The van der Waals surface area contributed by atoms with Gasteiger partial charge in [-0.1, -0.05) is 17.7 Å². The first-order valence-electron chi connectivity index (χ1n) is 6.02. The van der Waals surface area contributed by atoms with E-state index in [2.05, 4.69) is 4.74 Å². The molecule has 0 heterocycles. The largest absolute Gasteiger partial charge is 0.394 e. The molecule has 0 aliphatic rings. The van der Waals surface area contributed by atoms with Gasteiger partial charge in [0.15, 0.2) is 0 Å². The van der Waals surface area contributed by atoms with E-state index in [1.165, 1.54) is 19.2 Å². The van der Waals surface area contributed by atoms with Gasteiger partial charge < -0.3 is 14.6 Å². The fourth-order valence-electron chi connectivity index (χ4n) is 1.09. The van der Waals surface area contributed by atoms with Crippen LogP contribution in [0.4, 0.5) is 0 Å². The van der Waals surface area contributed by atoms with Crippen molar-refractivity contribution >= 4 is 10.1 Å². The first-order valence-corrected chi connectivity index (χ1v) is 7.43. The lowest BCUT2D eigenvalue weighted by Gasteiger charge is -2.04. The Morgan fingerprint density at radius 3 is 1.95 bits per heavy atom. The van der Waals surface area contributed by atoms with E-state index in [1.807, 2.05) is 6.92 Å². The molecular formula is C13H22O6S. The summed E-state index contributed by atoms with van der Waals surface area (Å²) < 4.78 is 37.0. The number of benzene rings is 1. The molecule has 0 spiro atoms. The maximum absolute atomic E-state index is 11.5. The fraction of sp³-hybridized carbons (Fsp3) is 0.538. The molecule has 1 rings (SSSR count). The summed E-state index contributed by atoms with van der Waals surface area (Å²) in [6, 6.07) is 6.51. The standard InChI is InChI=1S/C10H14O4S.C3H8O2/c1-9-3-5-10(6-4-9)15(11,12)14-8-7-13-2;1-5-3-2-4/h3-6H,7-8H2,1-2H3;4H,2-3H2,1H3. The average molecular weight is 306 g/mol. The Bertz CT molecular complexity index is 438. The Balaban J connectivity index is 0.000000621. The lowest BCUT2D eigenvalue weighted by molar-refractivity contribution is 0.135.